The Morgan fingerprint density at radius 2 is 1.67 bits per heavy atom. The summed E-state index contributed by atoms with van der Waals surface area (Å²) in [5.41, 5.74) is -1.11. The fraction of sp³-hybridized carbons (Fsp3) is 1.00. The van der Waals surface area contributed by atoms with Crippen LogP contribution in [0.2, 0.25) is 0 Å². The van der Waals surface area contributed by atoms with Gasteiger partial charge in [-0.05, 0) is 13.8 Å². The maximum atomic E-state index is 12.0. The molecule has 0 amide bonds. The van der Waals surface area contributed by atoms with E-state index in [9.17, 15) is 17.6 Å². The molecule has 0 unspecified atom stereocenters. The summed E-state index contributed by atoms with van der Waals surface area (Å²) in [6.07, 6.45) is -5.26. The summed E-state index contributed by atoms with van der Waals surface area (Å²) in [6.45, 7) is 1.54. The highest BCUT2D eigenvalue weighted by atomic mass is 19.4. The lowest BCUT2D eigenvalue weighted by Gasteiger charge is -2.21. The molecule has 5 heteroatoms. The van der Waals surface area contributed by atoms with Gasteiger partial charge in [0.25, 0.3) is 0 Å². The van der Waals surface area contributed by atoms with E-state index in [0.717, 1.165) is 0 Å². The molecule has 0 saturated carbocycles. The molecule has 0 aromatic rings. The van der Waals surface area contributed by atoms with Gasteiger partial charge < -0.3 is 4.74 Å². The van der Waals surface area contributed by atoms with Gasteiger partial charge in [-0.15, -0.1) is 0 Å². The molecule has 0 fully saturated rings. The van der Waals surface area contributed by atoms with Gasteiger partial charge in [-0.2, -0.15) is 13.2 Å². The number of halogens is 4. The molecule has 0 aromatic heterocycles. The molecule has 0 aliphatic heterocycles. The number of rotatable bonds is 4. The minimum Gasteiger partial charge on any atom is -0.373 e. The first-order valence-electron chi connectivity index (χ1n) is 3.53. The number of alkyl halides is 4. The number of ether oxygens (including phenoxy) is 1. The van der Waals surface area contributed by atoms with Crippen LogP contribution in [-0.2, 0) is 4.74 Å². The number of hydrogen-bond donors (Lipinski definition) is 0. The average Bonchev–Trinajstić information content (AvgIpc) is 1.84. The maximum Gasteiger partial charge on any atom is 0.391 e. The summed E-state index contributed by atoms with van der Waals surface area (Å²) < 4.78 is 51.3. The monoisotopic (exact) mass is 188 g/mol. The van der Waals surface area contributed by atoms with E-state index >= 15 is 0 Å². The molecular weight excluding hydrogens is 176 g/mol. The van der Waals surface area contributed by atoms with Gasteiger partial charge in [0.2, 0.25) is 0 Å². The van der Waals surface area contributed by atoms with Crippen LogP contribution >= 0.6 is 0 Å². The van der Waals surface area contributed by atoms with E-state index < -0.39 is 31.5 Å². The van der Waals surface area contributed by atoms with E-state index in [-0.39, 0.29) is 0 Å². The van der Waals surface area contributed by atoms with Gasteiger partial charge in [0.15, 0.2) is 0 Å². The fourth-order valence-electron chi connectivity index (χ4n) is 0.482. The van der Waals surface area contributed by atoms with Gasteiger partial charge in [-0.25, -0.2) is 4.39 Å². The fourth-order valence-corrected chi connectivity index (χ4v) is 0.482. The molecule has 0 heterocycles. The van der Waals surface area contributed by atoms with Gasteiger partial charge in [-0.1, -0.05) is 0 Å². The van der Waals surface area contributed by atoms with E-state index in [2.05, 4.69) is 4.74 Å². The van der Waals surface area contributed by atoms with Crippen molar-refractivity contribution < 1.29 is 22.3 Å². The summed E-state index contributed by atoms with van der Waals surface area (Å²) in [6, 6.07) is 0. The average molecular weight is 188 g/mol. The largest absolute Gasteiger partial charge is 0.391 e. The van der Waals surface area contributed by atoms with Crippen molar-refractivity contribution in [2.45, 2.75) is 32.0 Å². The smallest absolute Gasteiger partial charge is 0.373 e. The van der Waals surface area contributed by atoms with Crippen molar-refractivity contribution in [1.82, 2.24) is 0 Å². The zero-order valence-electron chi connectivity index (χ0n) is 7.04. The minimum atomic E-state index is -4.23. The van der Waals surface area contributed by atoms with Crippen LogP contribution in [0.25, 0.3) is 0 Å². The molecule has 0 rings (SSSR count). The molecule has 0 N–H and O–H groups in total. The molecule has 0 aliphatic carbocycles. The Balaban J connectivity index is 3.57. The zero-order chi connectivity index (χ0) is 9.83. The Morgan fingerprint density at radius 3 is 2.00 bits per heavy atom. The Bertz CT molecular complexity index is 130. The first kappa shape index (κ1) is 11.7. The van der Waals surface area contributed by atoms with Crippen LogP contribution in [-0.4, -0.2) is 25.1 Å². The lowest BCUT2D eigenvalue weighted by atomic mass is 10.2. The summed E-state index contributed by atoms with van der Waals surface area (Å²) in [4.78, 5) is 0. The topological polar surface area (TPSA) is 9.23 Å². The van der Waals surface area contributed by atoms with E-state index in [1.54, 1.807) is 0 Å². The molecule has 74 valence electrons. The minimum absolute atomic E-state index is 0.486. The molecule has 0 spiro atoms. The quantitative estimate of drug-likeness (QED) is 0.616. The Kier molecular flexibility index (Phi) is 3.96. The van der Waals surface area contributed by atoms with Crippen LogP contribution in [0.4, 0.5) is 17.6 Å². The van der Waals surface area contributed by atoms with Crippen molar-refractivity contribution in [3.8, 4) is 0 Å². The van der Waals surface area contributed by atoms with Crippen LogP contribution in [0.15, 0.2) is 0 Å². The van der Waals surface area contributed by atoms with Gasteiger partial charge >= 0.3 is 6.18 Å². The van der Waals surface area contributed by atoms with Gasteiger partial charge in [-0.3, -0.25) is 0 Å². The van der Waals surface area contributed by atoms with Crippen molar-refractivity contribution >= 4 is 0 Å². The van der Waals surface area contributed by atoms with Crippen molar-refractivity contribution in [3.05, 3.63) is 0 Å². The van der Waals surface area contributed by atoms with Crippen LogP contribution in [0.3, 0.4) is 0 Å². The molecular formula is C7H12F4O. The summed E-state index contributed by atoms with van der Waals surface area (Å²) in [7, 11) is 0. The second kappa shape index (κ2) is 4.07. The normalized spacial score (nSPS) is 13.5. The Morgan fingerprint density at radius 1 is 1.17 bits per heavy atom. The van der Waals surface area contributed by atoms with Crippen molar-refractivity contribution in [2.75, 3.05) is 13.3 Å². The molecule has 1 nitrogen and oxygen atoms in total. The second-order valence-electron chi connectivity index (χ2n) is 3.11. The van der Waals surface area contributed by atoms with Crippen molar-refractivity contribution in [3.63, 3.8) is 0 Å². The van der Waals surface area contributed by atoms with Crippen LogP contribution in [0.5, 0.6) is 0 Å². The zero-order valence-corrected chi connectivity index (χ0v) is 7.04. The summed E-state index contributed by atoms with van der Waals surface area (Å²) in [5, 5.41) is 0. The molecule has 12 heavy (non-hydrogen) atoms. The number of hydrogen-bond acceptors (Lipinski definition) is 1. The maximum absolute atomic E-state index is 12.0. The first-order chi connectivity index (χ1) is 5.27. The predicted molar refractivity (Wildman–Crippen MR) is 36.7 cm³/mol. The first-order valence-corrected chi connectivity index (χ1v) is 3.53. The van der Waals surface area contributed by atoms with Gasteiger partial charge in [0.05, 0.1) is 18.6 Å². The Labute approximate surface area is 68.7 Å². The van der Waals surface area contributed by atoms with Crippen LogP contribution < -0.4 is 0 Å². The lowest BCUT2D eigenvalue weighted by Crippen LogP contribution is -2.28. The van der Waals surface area contributed by atoms with Crippen LogP contribution in [0.1, 0.15) is 20.3 Å². The standard InChI is InChI=1S/C7H12F4O/c1-6(2,5-8)12-4-3-7(9,10)11/h3-5H2,1-2H3. The SMILES string of the molecule is CC(C)(CF)OCCC(F)(F)F. The molecule has 0 radical (unpaired) electrons. The third-order valence-electron chi connectivity index (χ3n) is 1.20. The van der Waals surface area contributed by atoms with Gasteiger partial charge in [0.1, 0.15) is 6.67 Å². The van der Waals surface area contributed by atoms with E-state index in [1.165, 1.54) is 13.8 Å². The van der Waals surface area contributed by atoms with Crippen molar-refractivity contribution in [1.29, 1.82) is 0 Å². The van der Waals surface area contributed by atoms with E-state index in [4.69, 9.17) is 0 Å². The van der Waals surface area contributed by atoms with E-state index in [0.29, 0.717) is 0 Å². The highest BCUT2D eigenvalue weighted by Crippen LogP contribution is 2.20. The molecule has 0 aromatic carbocycles. The lowest BCUT2D eigenvalue weighted by molar-refractivity contribution is -0.156. The van der Waals surface area contributed by atoms with E-state index in [1.807, 2.05) is 0 Å². The summed E-state index contributed by atoms with van der Waals surface area (Å²) in [5.74, 6) is 0. The molecule has 0 aliphatic rings. The summed E-state index contributed by atoms with van der Waals surface area (Å²) >= 11 is 0. The van der Waals surface area contributed by atoms with Crippen molar-refractivity contribution in [2.24, 2.45) is 0 Å². The molecule has 0 atom stereocenters. The second-order valence-corrected chi connectivity index (χ2v) is 3.11. The van der Waals surface area contributed by atoms with Gasteiger partial charge in [0, 0.05) is 0 Å². The Hall–Kier alpha value is -0.320. The third kappa shape index (κ3) is 6.39. The third-order valence-corrected chi connectivity index (χ3v) is 1.20. The predicted octanol–water partition coefficient (Wildman–Crippen LogP) is 2.70. The molecule has 0 saturated heterocycles. The van der Waals surface area contributed by atoms with Crippen LogP contribution in [0, 0.1) is 0 Å². The molecule has 0 bridgehead atoms. The highest BCUT2D eigenvalue weighted by Gasteiger charge is 2.28. The highest BCUT2D eigenvalue weighted by molar-refractivity contribution is 4.66.